The van der Waals surface area contributed by atoms with E-state index >= 15 is 0 Å². The van der Waals surface area contributed by atoms with E-state index in [-0.39, 0.29) is 5.56 Å². The smallest absolute Gasteiger partial charge is 0.335 e. The van der Waals surface area contributed by atoms with Crippen molar-refractivity contribution in [2.24, 2.45) is 46.3 Å². The Kier molecular flexibility index (Phi) is 8.60. The van der Waals surface area contributed by atoms with Gasteiger partial charge in [-0.2, -0.15) is 0 Å². The molecule has 2 N–H and O–H groups in total. The Hall–Kier alpha value is -2.04. The molecule has 3 unspecified atom stereocenters. The van der Waals surface area contributed by atoms with E-state index in [1.807, 2.05) is 0 Å². The molecule has 0 radical (unpaired) electrons. The van der Waals surface area contributed by atoms with Crippen LogP contribution in [0.25, 0.3) is 0 Å². The predicted octanol–water partition coefficient (Wildman–Crippen LogP) is 7.93. The van der Waals surface area contributed by atoms with Crippen molar-refractivity contribution in [2.75, 3.05) is 7.11 Å². The molecule has 4 aliphatic rings. The zero-order valence-corrected chi connectivity index (χ0v) is 23.4. The Morgan fingerprint density at radius 1 is 0.919 bits per heavy atom. The van der Waals surface area contributed by atoms with Crippen molar-refractivity contribution >= 4 is 11.9 Å². The molecular formula is C32H48O5. The second-order valence-electron chi connectivity index (χ2n) is 13.1. The van der Waals surface area contributed by atoms with Gasteiger partial charge in [-0.25, -0.2) is 4.79 Å². The molecule has 0 saturated heterocycles. The number of fused-ring (bicyclic) bond motifs is 5. The number of carboxylic acid groups (broad SMARTS) is 2. The molecule has 5 nitrogen and oxygen atoms in total. The average Bonchev–Trinajstić information content (AvgIpc) is 3.24. The molecule has 4 saturated carbocycles. The highest BCUT2D eigenvalue weighted by Crippen LogP contribution is 2.68. The Balaban J connectivity index is 0.000000245. The zero-order chi connectivity index (χ0) is 26.8. The number of benzene rings is 1. The highest BCUT2D eigenvalue weighted by Gasteiger charge is 2.60. The van der Waals surface area contributed by atoms with Gasteiger partial charge in [0, 0.05) is 6.42 Å². The molecule has 0 heterocycles. The van der Waals surface area contributed by atoms with Crippen LogP contribution in [0.1, 0.15) is 108 Å². The largest absolute Gasteiger partial charge is 0.497 e. The quantitative estimate of drug-likeness (QED) is 0.404. The van der Waals surface area contributed by atoms with Gasteiger partial charge in [0.1, 0.15) is 5.75 Å². The average molecular weight is 513 g/mol. The topological polar surface area (TPSA) is 83.8 Å². The number of hydrogen-bond acceptors (Lipinski definition) is 3. The normalized spacial score (nSPS) is 37.1. The lowest BCUT2D eigenvalue weighted by atomic mass is 9.44. The number of carbonyl (C=O) groups is 2. The van der Waals surface area contributed by atoms with Gasteiger partial charge in [0.2, 0.25) is 0 Å². The van der Waals surface area contributed by atoms with E-state index in [0.29, 0.717) is 28.9 Å². The highest BCUT2D eigenvalue weighted by molar-refractivity contribution is 5.87. The van der Waals surface area contributed by atoms with Crippen molar-refractivity contribution in [3.8, 4) is 5.75 Å². The third kappa shape index (κ3) is 5.56. The van der Waals surface area contributed by atoms with Gasteiger partial charge in [-0.1, -0.05) is 33.6 Å². The molecule has 1 aromatic rings. The SMILES string of the molecule is COc1ccc(C(=O)O)cc1.C[C@H](CCC(=O)O)[C@H]1CCC2C3CC[C@@H]4CCCC[C@]4(C)C3CC[C@@]21C. The van der Waals surface area contributed by atoms with Crippen LogP contribution in [0.4, 0.5) is 0 Å². The van der Waals surface area contributed by atoms with E-state index in [1.165, 1.54) is 83.5 Å². The molecule has 206 valence electrons. The molecule has 4 aliphatic carbocycles. The van der Waals surface area contributed by atoms with Gasteiger partial charge >= 0.3 is 11.9 Å². The summed E-state index contributed by atoms with van der Waals surface area (Å²) in [6, 6.07) is 6.23. The Morgan fingerprint density at radius 3 is 2.27 bits per heavy atom. The number of rotatable bonds is 6. The van der Waals surface area contributed by atoms with Crippen molar-refractivity contribution in [3.05, 3.63) is 29.8 Å². The number of hydrogen-bond donors (Lipinski definition) is 2. The van der Waals surface area contributed by atoms with Gasteiger partial charge in [-0.05, 0) is 128 Å². The summed E-state index contributed by atoms with van der Waals surface area (Å²) >= 11 is 0. The van der Waals surface area contributed by atoms with Crippen LogP contribution in [0.2, 0.25) is 0 Å². The van der Waals surface area contributed by atoms with Crippen LogP contribution >= 0.6 is 0 Å². The van der Waals surface area contributed by atoms with Crippen LogP contribution < -0.4 is 4.74 Å². The van der Waals surface area contributed by atoms with Gasteiger partial charge in [0.15, 0.2) is 0 Å². The Morgan fingerprint density at radius 2 is 1.62 bits per heavy atom. The first-order valence-corrected chi connectivity index (χ1v) is 14.7. The van der Waals surface area contributed by atoms with E-state index in [9.17, 15) is 9.59 Å². The lowest BCUT2D eigenvalue weighted by Crippen LogP contribution is -2.53. The van der Waals surface area contributed by atoms with Crippen LogP contribution in [0.5, 0.6) is 5.75 Å². The summed E-state index contributed by atoms with van der Waals surface area (Å²) in [5.41, 5.74) is 1.39. The molecule has 0 spiro atoms. The summed E-state index contributed by atoms with van der Waals surface area (Å²) in [5, 5.41) is 17.6. The molecular weight excluding hydrogens is 464 g/mol. The van der Waals surface area contributed by atoms with Gasteiger partial charge in [0.05, 0.1) is 12.7 Å². The molecule has 1 aromatic carbocycles. The van der Waals surface area contributed by atoms with Crippen molar-refractivity contribution in [2.45, 2.75) is 97.8 Å². The second kappa shape index (κ2) is 11.4. The first-order chi connectivity index (χ1) is 17.6. The van der Waals surface area contributed by atoms with Crippen molar-refractivity contribution in [3.63, 3.8) is 0 Å². The summed E-state index contributed by atoms with van der Waals surface area (Å²) < 4.78 is 4.86. The summed E-state index contributed by atoms with van der Waals surface area (Å²) in [6.07, 6.45) is 15.7. The van der Waals surface area contributed by atoms with Crippen molar-refractivity contribution < 1.29 is 24.5 Å². The van der Waals surface area contributed by atoms with Crippen LogP contribution in [0, 0.1) is 46.3 Å². The maximum Gasteiger partial charge on any atom is 0.335 e. The second-order valence-corrected chi connectivity index (χ2v) is 13.1. The maximum atomic E-state index is 11.0. The fourth-order valence-corrected chi connectivity index (χ4v) is 9.56. The molecule has 0 aromatic heterocycles. The van der Waals surface area contributed by atoms with Crippen LogP contribution in [-0.2, 0) is 4.79 Å². The summed E-state index contributed by atoms with van der Waals surface area (Å²) in [5.74, 6) is 4.31. The van der Waals surface area contributed by atoms with E-state index in [2.05, 4.69) is 20.8 Å². The third-order valence-electron chi connectivity index (χ3n) is 11.5. The molecule has 0 aliphatic heterocycles. The minimum Gasteiger partial charge on any atom is -0.497 e. The number of methoxy groups -OCH3 is 1. The monoisotopic (exact) mass is 512 g/mol. The first kappa shape index (κ1) is 28.0. The minimum absolute atomic E-state index is 0.269. The predicted molar refractivity (Wildman–Crippen MR) is 146 cm³/mol. The van der Waals surface area contributed by atoms with E-state index in [4.69, 9.17) is 14.9 Å². The summed E-state index contributed by atoms with van der Waals surface area (Å²) in [6.45, 7) is 7.60. The Labute approximate surface area is 223 Å². The molecule has 0 amide bonds. The fourth-order valence-electron chi connectivity index (χ4n) is 9.56. The summed E-state index contributed by atoms with van der Waals surface area (Å²) in [4.78, 5) is 21.4. The number of ether oxygens (including phenoxy) is 1. The standard InChI is InChI=1S/C24H40O2.C8H8O3/c1-16(7-12-22(25)26)19-10-11-20-18-9-8-17-6-4-5-14-23(17,2)21(18)13-15-24(19,20)3;1-11-7-4-2-6(3-5-7)8(9)10/h16-21H,4-15H2,1-3H3,(H,25,26);2-5H,1H3,(H,9,10)/t16-,17+,18?,19-,20?,21?,23+,24-;/m1./s1. The third-order valence-corrected chi connectivity index (χ3v) is 11.5. The van der Waals surface area contributed by atoms with Crippen molar-refractivity contribution in [1.29, 1.82) is 0 Å². The Bertz CT molecular complexity index is 941. The van der Waals surface area contributed by atoms with E-state index in [0.717, 1.165) is 36.0 Å². The number of carboxylic acids is 2. The molecule has 8 atom stereocenters. The minimum atomic E-state index is -0.923. The van der Waals surface area contributed by atoms with E-state index in [1.54, 1.807) is 12.1 Å². The number of aliphatic carboxylic acids is 1. The molecule has 5 rings (SSSR count). The van der Waals surface area contributed by atoms with Gasteiger partial charge in [-0.15, -0.1) is 0 Å². The summed E-state index contributed by atoms with van der Waals surface area (Å²) in [7, 11) is 1.54. The maximum absolute atomic E-state index is 11.0. The van der Waals surface area contributed by atoms with Gasteiger partial charge in [0.25, 0.3) is 0 Å². The van der Waals surface area contributed by atoms with Crippen molar-refractivity contribution in [1.82, 2.24) is 0 Å². The van der Waals surface area contributed by atoms with Crippen LogP contribution in [0.15, 0.2) is 24.3 Å². The molecule has 5 heteroatoms. The lowest BCUT2D eigenvalue weighted by molar-refractivity contribution is -0.137. The fraction of sp³-hybridized carbons (Fsp3) is 0.750. The number of aromatic carboxylic acids is 1. The van der Waals surface area contributed by atoms with Crippen LogP contribution in [0.3, 0.4) is 0 Å². The van der Waals surface area contributed by atoms with E-state index < -0.39 is 11.9 Å². The lowest BCUT2D eigenvalue weighted by Gasteiger charge is -2.61. The highest BCUT2D eigenvalue weighted by atomic mass is 16.5. The van der Waals surface area contributed by atoms with Crippen LogP contribution in [-0.4, -0.2) is 29.3 Å². The van der Waals surface area contributed by atoms with Gasteiger partial charge < -0.3 is 14.9 Å². The molecule has 0 bridgehead atoms. The molecule has 37 heavy (non-hydrogen) atoms. The van der Waals surface area contributed by atoms with Gasteiger partial charge in [-0.3, -0.25) is 4.79 Å². The zero-order valence-electron chi connectivity index (χ0n) is 23.4. The first-order valence-electron chi connectivity index (χ1n) is 14.7. The molecule has 4 fully saturated rings.